The third-order valence-electron chi connectivity index (χ3n) is 5.86. The molecule has 8 nitrogen and oxygen atoms in total. The quantitative estimate of drug-likeness (QED) is 0.206. The number of aromatic amines is 2. The Hall–Kier alpha value is -3.62. The molecule has 2 aromatic carbocycles. The van der Waals surface area contributed by atoms with Crippen molar-refractivity contribution >= 4 is 33.6 Å². The van der Waals surface area contributed by atoms with Crippen LogP contribution >= 0.6 is 0 Å². The fraction of sp³-hybridized carbons (Fsp3) is 0.280. The zero-order valence-corrected chi connectivity index (χ0v) is 18.4. The predicted octanol–water partition coefficient (Wildman–Crippen LogP) is 1.71. The normalized spacial score (nSPS) is 13.2. The van der Waals surface area contributed by atoms with Gasteiger partial charge < -0.3 is 32.1 Å². The summed E-state index contributed by atoms with van der Waals surface area (Å²) in [5, 5.41) is 7.84. The molecule has 0 aliphatic heterocycles. The Balaban J connectivity index is 1.16. The molecule has 8 heteroatoms. The van der Waals surface area contributed by atoms with E-state index in [1.54, 1.807) is 0 Å². The number of hydrogen-bond acceptors (Lipinski definition) is 4. The van der Waals surface area contributed by atoms with Crippen LogP contribution < -0.4 is 22.1 Å². The van der Waals surface area contributed by atoms with E-state index in [2.05, 4.69) is 20.6 Å². The SMILES string of the molecule is N[C@@H](Cc1c[nH]c2ccccc12)C(=O)NCCCNC(=O)[C@@H](N)Cc1c[nH]c2ccccc12. The Labute approximate surface area is 192 Å². The maximum atomic E-state index is 12.3. The highest BCUT2D eigenvalue weighted by molar-refractivity contribution is 5.87. The van der Waals surface area contributed by atoms with E-state index in [-0.39, 0.29) is 11.8 Å². The van der Waals surface area contributed by atoms with Gasteiger partial charge in [-0.15, -0.1) is 0 Å². The van der Waals surface area contributed by atoms with E-state index in [1.165, 1.54) is 0 Å². The molecule has 4 rings (SSSR count). The van der Waals surface area contributed by atoms with Gasteiger partial charge in [-0.05, 0) is 42.5 Å². The zero-order valence-electron chi connectivity index (χ0n) is 18.4. The first kappa shape index (κ1) is 22.6. The molecule has 2 atom stereocenters. The first-order valence-corrected chi connectivity index (χ1v) is 11.2. The van der Waals surface area contributed by atoms with Crippen molar-refractivity contribution in [2.24, 2.45) is 11.5 Å². The second-order valence-corrected chi connectivity index (χ2v) is 8.28. The number of H-pyrrole nitrogens is 2. The molecule has 0 spiro atoms. The second-order valence-electron chi connectivity index (χ2n) is 8.28. The van der Waals surface area contributed by atoms with Gasteiger partial charge >= 0.3 is 0 Å². The molecule has 0 aliphatic rings. The van der Waals surface area contributed by atoms with Crippen LogP contribution in [-0.2, 0) is 22.4 Å². The monoisotopic (exact) mass is 446 g/mol. The van der Waals surface area contributed by atoms with Gasteiger partial charge in [-0.2, -0.15) is 0 Å². The fourth-order valence-electron chi connectivity index (χ4n) is 4.03. The molecular formula is C25H30N6O2. The maximum absolute atomic E-state index is 12.3. The summed E-state index contributed by atoms with van der Waals surface area (Å²) in [7, 11) is 0. The highest BCUT2D eigenvalue weighted by atomic mass is 16.2. The molecule has 0 fully saturated rings. The molecule has 2 amide bonds. The van der Waals surface area contributed by atoms with E-state index in [9.17, 15) is 9.59 Å². The summed E-state index contributed by atoms with van der Waals surface area (Å²) < 4.78 is 0. The van der Waals surface area contributed by atoms with E-state index in [1.807, 2.05) is 60.9 Å². The molecule has 0 bridgehead atoms. The zero-order chi connectivity index (χ0) is 23.2. The van der Waals surface area contributed by atoms with E-state index in [4.69, 9.17) is 11.5 Å². The number of para-hydroxylation sites is 2. The number of hydrogen-bond donors (Lipinski definition) is 6. The second kappa shape index (κ2) is 10.3. The molecule has 172 valence electrons. The summed E-state index contributed by atoms with van der Waals surface area (Å²) in [6, 6.07) is 14.6. The number of aromatic nitrogens is 2. The maximum Gasteiger partial charge on any atom is 0.237 e. The minimum absolute atomic E-state index is 0.206. The highest BCUT2D eigenvalue weighted by Crippen LogP contribution is 2.19. The van der Waals surface area contributed by atoms with Crippen LogP contribution in [0.5, 0.6) is 0 Å². The lowest BCUT2D eigenvalue weighted by Gasteiger charge is -2.14. The molecular weight excluding hydrogens is 416 g/mol. The molecule has 33 heavy (non-hydrogen) atoms. The summed E-state index contributed by atoms with van der Waals surface area (Å²) in [6.45, 7) is 0.858. The molecule has 0 unspecified atom stereocenters. The van der Waals surface area contributed by atoms with Crippen LogP contribution in [0.4, 0.5) is 0 Å². The molecule has 8 N–H and O–H groups in total. The van der Waals surface area contributed by atoms with Crippen molar-refractivity contribution in [2.45, 2.75) is 31.3 Å². The lowest BCUT2D eigenvalue weighted by Crippen LogP contribution is -2.44. The Kier molecular flexibility index (Phi) is 7.07. The van der Waals surface area contributed by atoms with Gasteiger partial charge in [0.05, 0.1) is 12.1 Å². The highest BCUT2D eigenvalue weighted by Gasteiger charge is 2.17. The molecule has 2 heterocycles. The molecule has 0 aliphatic carbocycles. The van der Waals surface area contributed by atoms with Crippen LogP contribution in [0.3, 0.4) is 0 Å². The number of carbonyl (C=O) groups is 2. The third kappa shape index (κ3) is 5.42. The number of nitrogens with two attached hydrogens (primary N) is 2. The van der Waals surface area contributed by atoms with Gasteiger partial charge in [0.15, 0.2) is 0 Å². The first-order valence-electron chi connectivity index (χ1n) is 11.2. The van der Waals surface area contributed by atoms with Crippen molar-refractivity contribution in [3.05, 3.63) is 72.1 Å². The fourth-order valence-corrected chi connectivity index (χ4v) is 4.03. The van der Waals surface area contributed by atoms with Gasteiger partial charge in [-0.25, -0.2) is 0 Å². The van der Waals surface area contributed by atoms with Gasteiger partial charge in [-0.3, -0.25) is 9.59 Å². The number of benzene rings is 2. The van der Waals surface area contributed by atoms with Crippen molar-refractivity contribution < 1.29 is 9.59 Å². The van der Waals surface area contributed by atoms with Crippen molar-refractivity contribution in [1.29, 1.82) is 0 Å². The minimum Gasteiger partial charge on any atom is -0.361 e. The smallest absolute Gasteiger partial charge is 0.237 e. The van der Waals surface area contributed by atoms with E-state index < -0.39 is 12.1 Å². The van der Waals surface area contributed by atoms with Crippen molar-refractivity contribution in [1.82, 2.24) is 20.6 Å². The molecule has 4 aromatic rings. The van der Waals surface area contributed by atoms with Crippen LogP contribution in [0.2, 0.25) is 0 Å². The Bertz CT molecular complexity index is 1150. The molecule has 0 saturated carbocycles. The number of nitrogens with one attached hydrogen (secondary N) is 4. The first-order chi connectivity index (χ1) is 16.0. The van der Waals surface area contributed by atoms with E-state index >= 15 is 0 Å². The topological polar surface area (TPSA) is 142 Å². The molecule has 2 aromatic heterocycles. The standard InChI is InChI=1S/C25H30N6O2/c26-20(12-16-14-30-22-8-3-1-6-18(16)22)24(32)28-10-5-11-29-25(33)21(27)13-17-15-31-23-9-4-2-7-19(17)23/h1-4,6-9,14-15,20-21,30-31H,5,10-13,26-27H2,(H,28,32)(H,29,33)/t20-,21-/m0/s1. The average molecular weight is 447 g/mol. The molecule has 0 saturated heterocycles. The lowest BCUT2D eigenvalue weighted by atomic mass is 10.0. The van der Waals surface area contributed by atoms with Gasteiger partial charge in [0, 0.05) is 47.3 Å². The van der Waals surface area contributed by atoms with Crippen molar-refractivity contribution in [3.8, 4) is 0 Å². The van der Waals surface area contributed by atoms with Gasteiger partial charge in [0.1, 0.15) is 0 Å². The number of rotatable bonds is 10. The van der Waals surface area contributed by atoms with Gasteiger partial charge in [-0.1, -0.05) is 36.4 Å². The van der Waals surface area contributed by atoms with Crippen LogP contribution in [-0.4, -0.2) is 47.0 Å². The Morgan fingerprint density at radius 2 is 1.15 bits per heavy atom. The summed E-state index contributed by atoms with van der Waals surface area (Å²) in [5.74, 6) is -0.412. The molecule has 0 radical (unpaired) electrons. The van der Waals surface area contributed by atoms with Crippen molar-refractivity contribution in [3.63, 3.8) is 0 Å². The number of carbonyl (C=O) groups excluding carboxylic acids is 2. The van der Waals surface area contributed by atoms with Gasteiger partial charge in [0.2, 0.25) is 11.8 Å². The lowest BCUT2D eigenvalue weighted by molar-refractivity contribution is -0.122. The minimum atomic E-state index is -0.636. The third-order valence-corrected chi connectivity index (χ3v) is 5.86. The van der Waals surface area contributed by atoms with Crippen LogP contribution in [0.25, 0.3) is 21.8 Å². The summed E-state index contributed by atoms with van der Waals surface area (Å²) in [5.41, 5.74) is 16.3. The average Bonchev–Trinajstić information content (AvgIpc) is 3.43. The predicted molar refractivity (Wildman–Crippen MR) is 131 cm³/mol. The largest absolute Gasteiger partial charge is 0.361 e. The van der Waals surface area contributed by atoms with Crippen molar-refractivity contribution in [2.75, 3.05) is 13.1 Å². The summed E-state index contributed by atoms with van der Waals surface area (Å²) in [6.07, 6.45) is 5.29. The van der Waals surface area contributed by atoms with Crippen LogP contribution in [0.1, 0.15) is 17.5 Å². The van der Waals surface area contributed by atoms with Gasteiger partial charge in [0.25, 0.3) is 0 Å². The number of amides is 2. The number of fused-ring (bicyclic) bond motifs is 2. The summed E-state index contributed by atoms with van der Waals surface area (Å²) >= 11 is 0. The van der Waals surface area contributed by atoms with E-state index in [0.29, 0.717) is 32.4 Å². The van der Waals surface area contributed by atoms with E-state index in [0.717, 1.165) is 32.9 Å². The Morgan fingerprint density at radius 3 is 1.61 bits per heavy atom. The summed E-state index contributed by atoms with van der Waals surface area (Å²) in [4.78, 5) is 31.1. The Morgan fingerprint density at radius 1 is 0.727 bits per heavy atom. The van der Waals surface area contributed by atoms with Crippen LogP contribution in [0, 0.1) is 0 Å². The van der Waals surface area contributed by atoms with Crippen LogP contribution in [0.15, 0.2) is 60.9 Å².